The first kappa shape index (κ1) is 10.8. The Morgan fingerprint density at radius 3 is 1.64 bits per heavy atom. The largest absolute Gasteiger partial charge is 0.469 e. The second-order valence-corrected chi connectivity index (χ2v) is 2.14. The van der Waals surface area contributed by atoms with Crippen LogP contribution >= 0.6 is 0 Å². The van der Waals surface area contributed by atoms with Crippen molar-refractivity contribution in [3.63, 3.8) is 0 Å². The highest BCUT2D eigenvalue weighted by Gasteiger charge is 2.45. The molecule has 0 saturated carbocycles. The molecule has 0 spiro atoms. The lowest BCUT2D eigenvalue weighted by Gasteiger charge is -1.99. The van der Waals surface area contributed by atoms with E-state index in [1.165, 1.54) is 0 Å². The van der Waals surface area contributed by atoms with Gasteiger partial charge in [0.25, 0.3) is 0 Å². The Labute approximate surface area is 71.3 Å². The van der Waals surface area contributed by atoms with Gasteiger partial charge in [0.2, 0.25) is 5.69 Å². The van der Waals surface area contributed by atoms with Crippen LogP contribution in [0.25, 0.3) is 0 Å². The topological polar surface area (TPSA) is 26.0 Å². The molecule has 14 heavy (non-hydrogen) atoms. The van der Waals surface area contributed by atoms with Crippen molar-refractivity contribution in [2.45, 2.75) is 12.4 Å². The zero-order valence-electron chi connectivity index (χ0n) is 6.00. The van der Waals surface area contributed by atoms with E-state index in [9.17, 15) is 30.7 Å². The van der Waals surface area contributed by atoms with Crippen LogP contribution in [0.15, 0.2) is 4.42 Å². The molecular weight excluding hydrogens is 223 g/mol. The summed E-state index contributed by atoms with van der Waals surface area (Å²) in [5.41, 5.74) is -2.31. The van der Waals surface area contributed by atoms with E-state index in [0.717, 1.165) is 0 Å². The summed E-state index contributed by atoms with van der Waals surface area (Å²) in [5, 5.41) is 0. The van der Waals surface area contributed by atoms with Crippen molar-refractivity contribution < 1.29 is 35.2 Å². The van der Waals surface area contributed by atoms with Crippen LogP contribution in [-0.4, -0.2) is 4.98 Å². The van der Waals surface area contributed by atoms with E-state index in [2.05, 4.69) is 4.42 Å². The summed E-state index contributed by atoms with van der Waals surface area (Å²) in [7, 11) is 0. The highest BCUT2D eigenvalue weighted by molar-refractivity contribution is 5.05. The Morgan fingerprint density at radius 2 is 1.43 bits per heavy atom. The molecule has 0 aromatic carbocycles. The van der Waals surface area contributed by atoms with Gasteiger partial charge in [-0.25, -0.2) is 0 Å². The minimum atomic E-state index is -5.31. The van der Waals surface area contributed by atoms with Gasteiger partial charge in [-0.15, -0.1) is 0 Å². The Kier molecular flexibility index (Phi) is 2.20. The molecule has 1 aromatic rings. The van der Waals surface area contributed by atoms with E-state index in [1.54, 1.807) is 0 Å². The van der Waals surface area contributed by atoms with E-state index in [4.69, 9.17) is 0 Å². The lowest BCUT2D eigenvalue weighted by Crippen LogP contribution is -2.10. The SMILES string of the molecule is Fc1oc(C(F)(F)F)nc1C(F)(F)F. The predicted molar refractivity (Wildman–Crippen MR) is 26.5 cm³/mol. The molecule has 0 bridgehead atoms. The molecule has 0 unspecified atom stereocenters. The fourth-order valence-corrected chi connectivity index (χ4v) is 0.598. The monoisotopic (exact) mass is 223 g/mol. The van der Waals surface area contributed by atoms with Crippen molar-refractivity contribution in [1.82, 2.24) is 4.98 Å². The molecule has 0 saturated heterocycles. The normalized spacial score (nSPS) is 13.4. The van der Waals surface area contributed by atoms with E-state index in [0.29, 0.717) is 0 Å². The van der Waals surface area contributed by atoms with Crippen LogP contribution in [0.4, 0.5) is 30.7 Å². The summed E-state index contributed by atoms with van der Waals surface area (Å²) >= 11 is 0. The molecule has 1 rings (SSSR count). The molecule has 0 aliphatic rings. The number of hydrogen-bond donors (Lipinski definition) is 0. The van der Waals surface area contributed by atoms with Crippen molar-refractivity contribution in [2.24, 2.45) is 0 Å². The summed E-state index contributed by atoms with van der Waals surface area (Å²) in [5.74, 6) is -2.26. The van der Waals surface area contributed by atoms with E-state index in [1.807, 2.05) is 4.98 Å². The summed E-state index contributed by atoms with van der Waals surface area (Å²) in [6.07, 6.45) is -10.6. The smallest absolute Gasteiger partial charge is 0.406 e. The van der Waals surface area contributed by atoms with Crippen LogP contribution in [-0.2, 0) is 12.4 Å². The van der Waals surface area contributed by atoms with E-state index < -0.39 is 30.0 Å². The van der Waals surface area contributed by atoms with Crippen LogP contribution in [0.1, 0.15) is 11.6 Å². The summed E-state index contributed by atoms with van der Waals surface area (Å²) in [4.78, 5) is 1.96. The zero-order valence-corrected chi connectivity index (χ0v) is 6.00. The third-order valence-corrected chi connectivity index (χ3v) is 1.10. The number of rotatable bonds is 0. The first-order valence-electron chi connectivity index (χ1n) is 2.93. The summed E-state index contributed by atoms with van der Waals surface area (Å²) in [6.45, 7) is 0. The molecule has 80 valence electrons. The summed E-state index contributed by atoms with van der Waals surface area (Å²) in [6, 6.07) is -2.40. The standard InChI is InChI=1S/C5F7NO/c6-2-1(4(7,8)9)13-3(14-2)5(10,11)12. The highest BCUT2D eigenvalue weighted by Crippen LogP contribution is 2.35. The maximum Gasteiger partial charge on any atom is 0.469 e. The van der Waals surface area contributed by atoms with Crippen LogP contribution in [0.3, 0.4) is 0 Å². The van der Waals surface area contributed by atoms with Crippen molar-refractivity contribution in [2.75, 3.05) is 0 Å². The van der Waals surface area contributed by atoms with Gasteiger partial charge in [-0.2, -0.15) is 35.7 Å². The molecule has 0 N–H and O–H groups in total. The first-order chi connectivity index (χ1) is 6.12. The molecule has 1 heterocycles. The van der Waals surface area contributed by atoms with Crippen molar-refractivity contribution >= 4 is 0 Å². The fraction of sp³-hybridized carbons (Fsp3) is 0.400. The highest BCUT2D eigenvalue weighted by atomic mass is 19.4. The van der Waals surface area contributed by atoms with Crippen LogP contribution in [0, 0.1) is 6.01 Å². The zero-order chi connectivity index (χ0) is 11.1. The molecule has 1 aromatic heterocycles. The van der Waals surface area contributed by atoms with Gasteiger partial charge in [0.05, 0.1) is 0 Å². The number of nitrogens with zero attached hydrogens (tertiary/aromatic N) is 1. The van der Waals surface area contributed by atoms with E-state index >= 15 is 0 Å². The molecule has 9 heteroatoms. The van der Waals surface area contributed by atoms with Crippen molar-refractivity contribution in [3.8, 4) is 0 Å². The van der Waals surface area contributed by atoms with E-state index in [-0.39, 0.29) is 0 Å². The second-order valence-electron chi connectivity index (χ2n) is 2.14. The van der Waals surface area contributed by atoms with Gasteiger partial charge in [-0.3, -0.25) is 0 Å². The van der Waals surface area contributed by atoms with Gasteiger partial charge >= 0.3 is 24.3 Å². The molecule has 0 aliphatic heterocycles. The van der Waals surface area contributed by atoms with Gasteiger partial charge in [0.15, 0.2) is 0 Å². The Hall–Kier alpha value is -1.28. The Morgan fingerprint density at radius 1 is 0.929 bits per heavy atom. The molecule has 0 amide bonds. The maximum atomic E-state index is 12.2. The number of hydrogen-bond acceptors (Lipinski definition) is 2. The van der Waals surface area contributed by atoms with Gasteiger partial charge in [0, 0.05) is 0 Å². The number of halogens is 7. The van der Waals surface area contributed by atoms with Gasteiger partial charge in [-0.05, 0) is 0 Å². The predicted octanol–water partition coefficient (Wildman–Crippen LogP) is 2.85. The van der Waals surface area contributed by atoms with Crippen LogP contribution in [0.2, 0.25) is 0 Å². The molecule has 0 fully saturated rings. The van der Waals surface area contributed by atoms with Crippen LogP contribution < -0.4 is 0 Å². The lowest BCUT2D eigenvalue weighted by molar-refractivity contribution is -0.159. The van der Waals surface area contributed by atoms with Gasteiger partial charge in [0.1, 0.15) is 0 Å². The molecule has 0 atom stereocenters. The minimum absolute atomic E-state index is 1.96. The van der Waals surface area contributed by atoms with Gasteiger partial charge < -0.3 is 4.42 Å². The van der Waals surface area contributed by atoms with Crippen molar-refractivity contribution in [1.29, 1.82) is 0 Å². The summed E-state index contributed by atoms with van der Waals surface area (Å²) < 4.78 is 85.6. The Bertz CT molecular complexity index is 335. The first-order valence-corrected chi connectivity index (χ1v) is 2.93. The quantitative estimate of drug-likeness (QED) is 0.632. The average Bonchev–Trinajstić information content (AvgIpc) is 2.27. The van der Waals surface area contributed by atoms with Crippen molar-refractivity contribution in [3.05, 3.63) is 17.6 Å². The number of alkyl halides is 6. The third kappa shape index (κ3) is 1.96. The number of aromatic nitrogens is 1. The number of oxazole rings is 1. The molecular formula is C5F7NO. The fourth-order valence-electron chi connectivity index (χ4n) is 0.598. The van der Waals surface area contributed by atoms with Gasteiger partial charge in [-0.1, -0.05) is 0 Å². The molecule has 0 radical (unpaired) electrons. The lowest BCUT2D eigenvalue weighted by atomic mass is 10.5. The molecule has 2 nitrogen and oxygen atoms in total. The minimum Gasteiger partial charge on any atom is -0.406 e. The molecule has 0 aliphatic carbocycles. The Balaban J connectivity index is 3.19. The third-order valence-electron chi connectivity index (χ3n) is 1.10. The van der Waals surface area contributed by atoms with Crippen LogP contribution in [0.5, 0.6) is 0 Å². The second kappa shape index (κ2) is 2.85. The average molecular weight is 223 g/mol. The maximum absolute atomic E-state index is 12.2.